The van der Waals surface area contributed by atoms with E-state index in [1.807, 2.05) is 26.0 Å². The van der Waals surface area contributed by atoms with Crippen molar-refractivity contribution < 1.29 is 0 Å². The molecule has 2 N–H and O–H groups in total. The van der Waals surface area contributed by atoms with Gasteiger partial charge in [0.2, 0.25) is 0 Å². The zero-order valence-electron chi connectivity index (χ0n) is 12.7. The molecule has 0 heterocycles. The molecule has 3 heteroatoms. The summed E-state index contributed by atoms with van der Waals surface area (Å²) in [5.74, 6) is 0. The van der Waals surface area contributed by atoms with Crippen molar-refractivity contribution in [1.29, 1.82) is 0 Å². The number of benzene rings is 2. The van der Waals surface area contributed by atoms with Gasteiger partial charge in [0.25, 0.3) is 0 Å². The summed E-state index contributed by atoms with van der Waals surface area (Å²) in [5.41, 5.74) is 8.76. The second-order valence-corrected chi connectivity index (χ2v) is 5.43. The maximum Gasteiger partial charge on any atom is 0.0592 e. The van der Waals surface area contributed by atoms with Crippen LogP contribution in [0.15, 0.2) is 48.5 Å². The summed E-state index contributed by atoms with van der Waals surface area (Å²) < 4.78 is 0. The third-order valence-corrected chi connectivity index (χ3v) is 4.00. The van der Waals surface area contributed by atoms with E-state index in [2.05, 4.69) is 24.3 Å². The van der Waals surface area contributed by atoms with Crippen molar-refractivity contribution in [3.8, 4) is 0 Å². The minimum absolute atomic E-state index is 0.292. The Morgan fingerprint density at radius 1 is 0.905 bits per heavy atom. The van der Waals surface area contributed by atoms with Crippen LogP contribution >= 0.6 is 23.2 Å². The monoisotopic (exact) mass is 323 g/mol. The highest BCUT2D eigenvalue weighted by molar-refractivity contribution is 6.41. The second-order valence-electron chi connectivity index (χ2n) is 4.61. The van der Waals surface area contributed by atoms with Crippen molar-refractivity contribution in [2.75, 3.05) is 0 Å². The molecule has 0 bridgehead atoms. The normalized spacial score (nSPS) is 15.8. The SMILES string of the molecule is CC.Clc1ccccc1Cl.NC1CCCc2ccccc21. The van der Waals surface area contributed by atoms with Crippen LogP contribution in [0.4, 0.5) is 0 Å². The summed E-state index contributed by atoms with van der Waals surface area (Å²) >= 11 is 11.2. The zero-order valence-corrected chi connectivity index (χ0v) is 14.2. The number of fused-ring (bicyclic) bond motifs is 1. The standard InChI is InChI=1S/C10H13N.C6H4Cl2.C2H6/c11-10-7-3-5-8-4-1-2-6-9(8)10;7-5-3-1-2-4-6(5)8;1-2/h1-2,4,6,10H,3,5,7,11H2;1-4H;1-2H3. The van der Waals surface area contributed by atoms with Gasteiger partial charge in [0.15, 0.2) is 0 Å². The first-order chi connectivity index (χ1) is 10.2. The van der Waals surface area contributed by atoms with Crippen LogP contribution in [0.3, 0.4) is 0 Å². The minimum Gasteiger partial charge on any atom is -0.324 e. The van der Waals surface area contributed by atoms with E-state index < -0.39 is 0 Å². The number of hydrogen-bond acceptors (Lipinski definition) is 1. The highest BCUT2D eigenvalue weighted by Crippen LogP contribution is 2.26. The van der Waals surface area contributed by atoms with Crippen LogP contribution in [-0.2, 0) is 6.42 Å². The van der Waals surface area contributed by atoms with E-state index in [4.69, 9.17) is 28.9 Å². The fraction of sp³-hybridized carbons (Fsp3) is 0.333. The number of aryl methyl sites for hydroxylation is 1. The van der Waals surface area contributed by atoms with Gasteiger partial charge in [0, 0.05) is 6.04 Å². The molecule has 2 aromatic rings. The van der Waals surface area contributed by atoms with Gasteiger partial charge in [-0.2, -0.15) is 0 Å². The van der Waals surface area contributed by atoms with Gasteiger partial charge < -0.3 is 5.73 Å². The lowest BCUT2D eigenvalue weighted by Gasteiger charge is -2.21. The summed E-state index contributed by atoms with van der Waals surface area (Å²) in [7, 11) is 0. The molecule has 0 saturated carbocycles. The molecule has 1 atom stereocenters. The van der Waals surface area contributed by atoms with Gasteiger partial charge in [-0.05, 0) is 42.5 Å². The number of halogens is 2. The van der Waals surface area contributed by atoms with Crippen molar-refractivity contribution >= 4 is 23.2 Å². The Labute approximate surface area is 138 Å². The topological polar surface area (TPSA) is 26.0 Å². The Bertz CT molecular complexity index is 519. The molecule has 1 nitrogen and oxygen atoms in total. The molecule has 0 fully saturated rings. The molecule has 1 unspecified atom stereocenters. The van der Waals surface area contributed by atoms with Crippen LogP contribution in [0.25, 0.3) is 0 Å². The molecule has 2 aromatic carbocycles. The highest BCUT2D eigenvalue weighted by atomic mass is 35.5. The van der Waals surface area contributed by atoms with Gasteiger partial charge in [-0.1, -0.05) is 73.4 Å². The first kappa shape index (κ1) is 18.0. The summed E-state index contributed by atoms with van der Waals surface area (Å²) in [6, 6.07) is 16.0. The predicted molar refractivity (Wildman–Crippen MR) is 94.1 cm³/mol. The van der Waals surface area contributed by atoms with Gasteiger partial charge in [0.1, 0.15) is 0 Å². The van der Waals surface area contributed by atoms with E-state index in [-0.39, 0.29) is 0 Å². The van der Waals surface area contributed by atoms with Crippen molar-refractivity contribution in [2.45, 2.75) is 39.2 Å². The van der Waals surface area contributed by atoms with Crippen LogP contribution in [0.2, 0.25) is 10.0 Å². The number of rotatable bonds is 0. The van der Waals surface area contributed by atoms with E-state index in [9.17, 15) is 0 Å². The molecule has 0 spiro atoms. The average molecular weight is 324 g/mol. The second kappa shape index (κ2) is 9.83. The van der Waals surface area contributed by atoms with Crippen LogP contribution in [0.1, 0.15) is 43.9 Å². The molecule has 3 rings (SSSR count). The third kappa shape index (κ3) is 5.70. The fourth-order valence-electron chi connectivity index (χ4n) is 2.23. The summed E-state index contributed by atoms with van der Waals surface area (Å²) in [6.45, 7) is 4.00. The molecule has 114 valence electrons. The summed E-state index contributed by atoms with van der Waals surface area (Å²) in [6.07, 6.45) is 3.61. The Morgan fingerprint density at radius 2 is 1.43 bits per heavy atom. The number of nitrogens with two attached hydrogens (primary N) is 1. The molecular formula is C18H23Cl2N. The van der Waals surface area contributed by atoms with E-state index in [1.165, 1.54) is 24.0 Å². The van der Waals surface area contributed by atoms with Crippen molar-refractivity contribution in [2.24, 2.45) is 5.73 Å². The molecule has 0 aromatic heterocycles. The van der Waals surface area contributed by atoms with E-state index in [1.54, 1.807) is 12.1 Å². The Balaban J connectivity index is 0.000000196. The smallest absolute Gasteiger partial charge is 0.0592 e. The van der Waals surface area contributed by atoms with Gasteiger partial charge in [-0.25, -0.2) is 0 Å². The maximum atomic E-state index is 5.95. The molecule has 0 aliphatic heterocycles. The van der Waals surface area contributed by atoms with Crippen molar-refractivity contribution in [3.63, 3.8) is 0 Å². The lowest BCUT2D eigenvalue weighted by molar-refractivity contribution is 0.570. The van der Waals surface area contributed by atoms with E-state index >= 15 is 0 Å². The van der Waals surface area contributed by atoms with Crippen molar-refractivity contribution in [3.05, 3.63) is 69.7 Å². The van der Waals surface area contributed by atoms with Crippen LogP contribution in [0.5, 0.6) is 0 Å². The van der Waals surface area contributed by atoms with Crippen LogP contribution < -0.4 is 5.73 Å². The summed E-state index contributed by atoms with van der Waals surface area (Å²) in [4.78, 5) is 0. The van der Waals surface area contributed by atoms with E-state index in [0.717, 1.165) is 6.42 Å². The van der Waals surface area contributed by atoms with Crippen LogP contribution in [0, 0.1) is 0 Å². The van der Waals surface area contributed by atoms with Gasteiger partial charge in [-0.3, -0.25) is 0 Å². The average Bonchev–Trinajstić information content (AvgIpc) is 2.53. The Morgan fingerprint density at radius 3 is 1.95 bits per heavy atom. The molecular weight excluding hydrogens is 301 g/mol. The lowest BCUT2D eigenvalue weighted by atomic mass is 9.88. The summed E-state index contributed by atoms with van der Waals surface area (Å²) in [5, 5.41) is 1.21. The van der Waals surface area contributed by atoms with Gasteiger partial charge >= 0.3 is 0 Å². The molecule has 1 aliphatic rings. The fourth-order valence-corrected chi connectivity index (χ4v) is 2.50. The maximum absolute atomic E-state index is 5.95. The number of hydrogen-bond donors (Lipinski definition) is 1. The molecule has 0 amide bonds. The van der Waals surface area contributed by atoms with Crippen molar-refractivity contribution in [1.82, 2.24) is 0 Å². The minimum atomic E-state index is 0.292. The lowest BCUT2D eigenvalue weighted by Crippen LogP contribution is -2.16. The molecule has 21 heavy (non-hydrogen) atoms. The quantitative estimate of drug-likeness (QED) is 0.628. The first-order valence-corrected chi connectivity index (χ1v) is 8.17. The van der Waals surface area contributed by atoms with Gasteiger partial charge in [0.05, 0.1) is 10.0 Å². The molecule has 1 aliphatic carbocycles. The predicted octanol–water partition coefficient (Wildman–Crippen LogP) is 6.04. The van der Waals surface area contributed by atoms with Gasteiger partial charge in [-0.15, -0.1) is 0 Å². The van der Waals surface area contributed by atoms with E-state index in [0.29, 0.717) is 16.1 Å². The molecule has 0 radical (unpaired) electrons. The Kier molecular flexibility index (Phi) is 8.44. The highest BCUT2D eigenvalue weighted by Gasteiger charge is 2.14. The first-order valence-electron chi connectivity index (χ1n) is 7.42. The largest absolute Gasteiger partial charge is 0.324 e. The molecule has 0 saturated heterocycles. The third-order valence-electron chi connectivity index (χ3n) is 3.24. The Hall–Kier alpha value is -1.02. The zero-order chi connectivity index (χ0) is 15.7. The van der Waals surface area contributed by atoms with Crippen LogP contribution in [-0.4, -0.2) is 0 Å².